The van der Waals surface area contributed by atoms with Gasteiger partial charge in [0, 0.05) is 31.4 Å². The molecule has 22 heavy (non-hydrogen) atoms. The van der Waals surface area contributed by atoms with Crippen molar-refractivity contribution in [1.82, 2.24) is 15.0 Å². The Balaban J connectivity index is 1.83. The molecule has 1 aromatic carbocycles. The number of benzene rings is 1. The second-order valence-corrected chi connectivity index (χ2v) is 4.82. The zero-order valence-corrected chi connectivity index (χ0v) is 11.5. The zero-order valence-electron chi connectivity index (χ0n) is 11.5. The Bertz CT molecular complexity index is 696. The molecule has 0 unspecified atom stereocenters. The summed E-state index contributed by atoms with van der Waals surface area (Å²) in [7, 11) is 1.70. The molecule has 2 heterocycles. The summed E-state index contributed by atoms with van der Waals surface area (Å²) in [6.45, 7) is 1.19. The maximum atomic E-state index is 12.4. The molecule has 9 heteroatoms. The van der Waals surface area contributed by atoms with Crippen molar-refractivity contribution in [1.29, 1.82) is 0 Å². The van der Waals surface area contributed by atoms with Gasteiger partial charge in [-0.1, -0.05) is 5.16 Å². The second kappa shape index (κ2) is 5.00. The molecule has 0 saturated carbocycles. The van der Waals surface area contributed by atoms with Crippen LogP contribution >= 0.6 is 0 Å². The fraction of sp³-hybridized carbons (Fsp3) is 0.308. The zero-order chi connectivity index (χ0) is 15.9. The van der Waals surface area contributed by atoms with Gasteiger partial charge in [0.1, 0.15) is 0 Å². The van der Waals surface area contributed by atoms with Crippen LogP contribution in [0.4, 0.5) is 23.7 Å². The normalized spacial score (nSPS) is 15.7. The molecular weight excluding hydrogens is 301 g/mol. The van der Waals surface area contributed by atoms with E-state index in [0.29, 0.717) is 24.3 Å². The minimum atomic E-state index is -4.67. The van der Waals surface area contributed by atoms with E-state index >= 15 is 0 Å². The summed E-state index contributed by atoms with van der Waals surface area (Å²) in [6, 6.07) is 6.25. The van der Waals surface area contributed by atoms with Crippen LogP contribution in [0.3, 0.4) is 0 Å². The van der Waals surface area contributed by atoms with Gasteiger partial charge in [0.2, 0.25) is 5.82 Å². The topological polar surface area (TPSA) is 62.5 Å². The Morgan fingerprint density at radius 3 is 2.36 bits per heavy atom. The quantitative estimate of drug-likeness (QED) is 0.855. The molecule has 0 radical (unpaired) electrons. The van der Waals surface area contributed by atoms with Crippen molar-refractivity contribution in [3.05, 3.63) is 30.2 Å². The molecule has 1 aromatic heterocycles. The summed E-state index contributed by atoms with van der Waals surface area (Å²) in [5.41, 5.74) is 1.04. The molecule has 0 spiro atoms. The van der Waals surface area contributed by atoms with E-state index in [1.807, 2.05) is 0 Å². The predicted molar refractivity (Wildman–Crippen MR) is 70.1 cm³/mol. The molecule has 0 aliphatic carbocycles. The number of rotatable bonds is 2. The van der Waals surface area contributed by atoms with E-state index in [9.17, 15) is 18.0 Å². The van der Waals surface area contributed by atoms with Gasteiger partial charge >= 0.3 is 18.1 Å². The number of carbonyl (C=O) groups is 1. The van der Waals surface area contributed by atoms with E-state index in [0.717, 1.165) is 0 Å². The lowest BCUT2D eigenvalue weighted by Gasteiger charge is -2.15. The molecule has 0 N–H and O–H groups in total. The van der Waals surface area contributed by atoms with Crippen LogP contribution in [0.5, 0.6) is 0 Å². The highest BCUT2D eigenvalue weighted by Gasteiger charge is 2.38. The van der Waals surface area contributed by atoms with Crippen LogP contribution in [0, 0.1) is 0 Å². The van der Waals surface area contributed by atoms with Gasteiger partial charge in [-0.25, -0.2) is 4.79 Å². The van der Waals surface area contributed by atoms with Crippen molar-refractivity contribution in [2.24, 2.45) is 0 Å². The number of likely N-dealkylation sites (N-methyl/N-ethyl adjacent to an activating group) is 1. The molecule has 1 fully saturated rings. The first-order chi connectivity index (χ1) is 10.4. The SMILES string of the molecule is CN1CCN(c2ccc(-c3noc(C(F)(F)F)n3)cc2)C1=O. The Hall–Kier alpha value is -2.58. The Labute approximate surface area is 123 Å². The number of urea groups is 1. The number of alkyl halides is 3. The molecule has 6 nitrogen and oxygen atoms in total. The van der Waals surface area contributed by atoms with Crippen LogP contribution < -0.4 is 4.90 Å². The highest BCUT2D eigenvalue weighted by atomic mass is 19.4. The van der Waals surface area contributed by atoms with Crippen molar-refractivity contribution < 1.29 is 22.5 Å². The Morgan fingerprint density at radius 2 is 1.86 bits per heavy atom. The van der Waals surface area contributed by atoms with E-state index in [-0.39, 0.29) is 11.9 Å². The molecule has 2 aromatic rings. The lowest BCUT2D eigenvalue weighted by Crippen LogP contribution is -2.29. The average molecular weight is 312 g/mol. The lowest BCUT2D eigenvalue weighted by atomic mass is 10.2. The van der Waals surface area contributed by atoms with Crippen molar-refractivity contribution in [3.63, 3.8) is 0 Å². The van der Waals surface area contributed by atoms with Crippen molar-refractivity contribution in [2.45, 2.75) is 6.18 Å². The third-order valence-corrected chi connectivity index (χ3v) is 3.32. The van der Waals surface area contributed by atoms with Gasteiger partial charge in [0.15, 0.2) is 0 Å². The summed E-state index contributed by atoms with van der Waals surface area (Å²) in [4.78, 5) is 18.3. The molecule has 3 rings (SSSR count). The van der Waals surface area contributed by atoms with Crippen LogP contribution in [0.2, 0.25) is 0 Å². The molecule has 1 aliphatic heterocycles. The van der Waals surface area contributed by atoms with Crippen LogP contribution in [0.1, 0.15) is 5.89 Å². The van der Waals surface area contributed by atoms with Crippen molar-refractivity contribution in [3.8, 4) is 11.4 Å². The summed E-state index contributed by atoms with van der Waals surface area (Å²) in [5.74, 6) is -1.54. The molecule has 1 saturated heterocycles. The minimum absolute atomic E-state index is 0.119. The highest BCUT2D eigenvalue weighted by molar-refractivity contribution is 5.94. The van der Waals surface area contributed by atoms with Gasteiger partial charge in [-0.15, -0.1) is 0 Å². The van der Waals surface area contributed by atoms with Gasteiger partial charge in [-0.3, -0.25) is 4.90 Å². The van der Waals surface area contributed by atoms with Gasteiger partial charge in [0.25, 0.3) is 0 Å². The predicted octanol–water partition coefficient (Wildman–Crippen LogP) is 2.63. The third-order valence-electron chi connectivity index (χ3n) is 3.32. The number of hydrogen-bond acceptors (Lipinski definition) is 4. The van der Waals surface area contributed by atoms with E-state index in [4.69, 9.17) is 0 Å². The fourth-order valence-corrected chi connectivity index (χ4v) is 2.13. The first kappa shape index (κ1) is 14.4. The van der Waals surface area contributed by atoms with Crippen LogP contribution in [0.15, 0.2) is 28.8 Å². The van der Waals surface area contributed by atoms with E-state index in [2.05, 4.69) is 14.7 Å². The number of amides is 2. The number of aromatic nitrogens is 2. The van der Waals surface area contributed by atoms with Crippen molar-refractivity contribution in [2.75, 3.05) is 25.0 Å². The number of halogens is 3. The molecule has 0 bridgehead atoms. The van der Waals surface area contributed by atoms with Gasteiger partial charge < -0.3 is 9.42 Å². The standard InChI is InChI=1S/C13H11F3N4O2/c1-19-6-7-20(12(19)21)9-4-2-8(3-5-9)10-17-11(22-18-10)13(14,15)16/h2-5H,6-7H2,1H3. The van der Waals surface area contributed by atoms with Crippen LogP contribution in [0.25, 0.3) is 11.4 Å². The number of carbonyl (C=O) groups excluding carboxylic acids is 1. The first-order valence-electron chi connectivity index (χ1n) is 6.40. The smallest absolute Gasteiger partial charge is 0.329 e. The van der Waals surface area contributed by atoms with Crippen LogP contribution in [-0.4, -0.2) is 41.2 Å². The minimum Gasteiger partial charge on any atom is -0.329 e. The average Bonchev–Trinajstić information content (AvgIpc) is 3.08. The Kier molecular flexibility index (Phi) is 3.27. The van der Waals surface area contributed by atoms with E-state index in [1.165, 1.54) is 0 Å². The third kappa shape index (κ3) is 2.49. The molecule has 1 aliphatic rings. The molecule has 2 amide bonds. The van der Waals surface area contributed by atoms with E-state index in [1.54, 1.807) is 41.1 Å². The van der Waals surface area contributed by atoms with Crippen LogP contribution in [-0.2, 0) is 6.18 Å². The highest BCUT2D eigenvalue weighted by Crippen LogP contribution is 2.30. The molecule has 116 valence electrons. The second-order valence-electron chi connectivity index (χ2n) is 4.82. The number of hydrogen-bond donors (Lipinski definition) is 0. The summed E-state index contributed by atoms with van der Waals surface area (Å²) < 4.78 is 41.4. The summed E-state index contributed by atoms with van der Waals surface area (Å²) >= 11 is 0. The molecule has 0 atom stereocenters. The summed E-state index contributed by atoms with van der Waals surface area (Å²) in [6.07, 6.45) is -4.67. The van der Waals surface area contributed by atoms with Gasteiger partial charge in [-0.05, 0) is 24.3 Å². The van der Waals surface area contributed by atoms with Gasteiger partial charge in [0.05, 0.1) is 0 Å². The first-order valence-corrected chi connectivity index (χ1v) is 6.40. The van der Waals surface area contributed by atoms with Gasteiger partial charge in [-0.2, -0.15) is 18.2 Å². The summed E-state index contributed by atoms with van der Waals surface area (Å²) in [5, 5.41) is 3.31. The maximum absolute atomic E-state index is 12.4. The largest absolute Gasteiger partial charge is 0.471 e. The Morgan fingerprint density at radius 1 is 1.18 bits per heavy atom. The van der Waals surface area contributed by atoms with E-state index < -0.39 is 12.1 Å². The fourth-order valence-electron chi connectivity index (χ4n) is 2.13. The number of nitrogens with zero attached hydrogens (tertiary/aromatic N) is 4. The number of anilines is 1. The monoisotopic (exact) mass is 312 g/mol. The molecular formula is C13H11F3N4O2. The maximum Gasteiger partial charge on any atom is 0.471 e. The lowest BCUT2D eigenvalue weighted by molar-refractivity contribution is -0.159. The van der Waals surface area contributed by atoms with Crippen molar-refractivity contribution >= 4 is 11.7 Å².